The number of nitro benzene ring substituents is 1. The Balaban J connectivity index is 1.95. The molecule has 0 fully saturated rings. The number of hydrogen-bond donors (Lipinski definition) is 2. The molecule has 2 aromatic carbocycles. The van der Waals surface area contributed by atoms with Crippen LogP contribution < -0.4 is 16.2 Å². The molecule has 0 saturated carbocycles. The van der Waals surface area contributed by atoms with E-state index >= 15 is 0 Å². The van der Waals surface area contributed by atoms with Crippen molar-refractivity contribution in [2.24, 2.45) is 5.73 Å². The molecule has 0 saturated heterocycles. The molecular formula is C16H13N5O2. The fourth-order valence-corrected chi connectivity index (χ4v) is 2.47. The summed E-state index contributed by atoms with van der Waals surface area (Å²) in [5.41, 5.74) is 11.2. The summed E-state index contributed by atoms with van der Waals surface area (Å²) < 4.78 is 0. The maximum atomic E-state index is 10.7. The molecule has 7 heteroatoms. The fourth-order valence-electron chi connectivity index (χ4n) is 2.47. The molecule has 1 atom stereocenters. The number of hydrogen-bond acceptors (Lipinski definition) is 6. The molecule has 0 amide bonds. The van der Waals surface area contributed by atoms with Crippen molar-refractivity contribution in [1.29, 1.82) is 5.26 Å². The van der Waals surface area contributed by atoms with E-state index in [-0.39, 0.29) is 5.69 Å². The molecule has 3 rings (SSSR count). The van der Waals surface area contributed by atoms with Crippen LogP contribution in [0.25, 0.3) is 0 Å². The van der Waals surface area contributed by atoms with E-state index in [1.54, 1.807) is 17.1 Å². The SMILES string of the molecule is N#CC1=C(N)N(c2ccccc2)NC1c1ccc([N+](=O)[O-])cc1. The molecule has 1 aliphatic heterocycles. The predicted molar refractivity (Wildman–Crippen MR) is 84.7 cm³/mol. The molecule has 3 N–H and O–H groups in total. The lowest BCUT2D eigenvalue weighted by Gasteiger charge is -2.21. The van der Waals surface area contributed by atoms with E-state index in [1.807, 2.05) is 30.3 Å². The highest BCUT2D eigenvalue weighted by molar-refractivity contribution is 5.58. The first-order valence-corrected chi connectivity index (χ1v) is 6.87. The van der Waals surface area contributed by atoms with E-state index < -0.39 is 11.0 Å². The summed E-state index contributed by atoms with van der Waals surface area (Å²) in [6, 6.07) is 17.1. The van der Waals surface area contributed by atoms with Gasteiger partial charge in [-0.2, -0.15) is 5.26 Å². The van der Waals surface area contributed by atoms with E-state index in [9.17, 15) is 15.4 Å². The van der Waals surface area contributed by atoms with Crippen molar-refractivity contribution in [3.8, 4) is 6.07 Å². The number of benzene rings is 2. The summed E-state index contributed by atoms with van der Waals surface area (Å²) in [7, 11) is 0. The van der Waals surface area contributed by atoms with Crippen molar-refractivity contribution in [2.75, 3.05) is 5.01 Å². The van der Waals surface area contributed by atoms with Gasteiger partial charge in [-0.1, -0.05) is 30.3 Å². The highest BCUT2D eigenvalue weighted by atomic mass is 16.6. The number of nitrogens with zero attached hydrogens (tertiary/aromatic N) is 3. The molecule has 23 heavy (non-hydrogen) atoms. The van der Waals surface area contributed by atoms with Crippen molar-refractivity contribution in [1.82, 2.24) is 5.43 Å². The van der Waals surface area contributed by atoms with Crippen LogP contribution in [-0.4, -0.2) is 4.92 Å². The smallest absolute Gasteiger partial charge is 0.269 e. The Bertz CT molecular complexity index is 809. The minimum atomic E-state index is -0.461. The van der Waals surface area contributed by atoms with Gasteiger partial charge in [0.15, 0.2) is 0 Å². The number of hydrazine groups is 1. The highest BCUT2D eigenvalue weighted by Crippen LogP contribution is 2.33. The molecule has 0 aliphatic carbocycles. The minimum Gasteiger partial charge on any atom is -0.383 e. The number of nitro groups is 1. The first kappa shape index (κ1) is 14.6. The van der Waals surface area contributed by atoms with Gasteiger partial charge in [-0.05, 0) is 17.7 Å². The second-order valence-electron chi connectivity index (χ2n) is 4.99. The van der Waals surface area contributed by atoms with Crippen LogP contribution in [-0.2, 0) is 0 Å². The third-order valence-corrected chi connectivity index (χ3v) is 3.64. The van der Waals surface area contributed by atoms with Gasteiger partial charge >= 0.3 is 0 Å². The summed E-state index contributed by atoms with van der Waals surface area (Å²) in [4.78, 5) is 10.3. The molecule has 114 valence electrons. The minimum absolute atomic E-state index is 0.00196. The quantitative estimate of drug-likeness (QED) is 0.665. The van der Waals surface area contributed by atoms with E-state index in [0.717, 1.165) is 11.3 Å². The van der Waals surface area contributed by atoms with Gasteiger partial charge < -0.3 is 5.73 Å². The fraction of sp³-hybridized carbons (Fsp3) is 0.0625. The molecular weight excluding hydrogens is 294 g/mol. The summed E-state index contributed by atoms with van der Waals surface area (Å²) in [6.07, 6.45) is 0. The first-order chi connectivity index (χ1) is 11.1. The van der Waals surface area contributed by atoms with Crippen molar-refractivity contribution < 1.29 is 4.92 Å². The van der Waals surface area contributed by atoms with E-state index in [0.29, 0.717) is 11.4 Å². The zero-order valence-corrected chi connectivity index (χ0v) is 12.0. The number of non-ortho nitro benzene ring substituents is 1. The van der Waals surface area contributed by atoms with Gasteiger partial charge in [-0.25, -0.2) is 5.43 Å². The largest absolute Gasteiger partial charge is 0.383 e. The standard InChI is InChI=1S/C16H13N5O2/c17-10-14-15(11-6-8-13(9-7-11)21(22)23)19-20(16(14)18)12-4-2-1-3-5-12/h1-9,15,19H,18H2. The Hall–Kier alpha value is -3.37. The van der Waals surface area contributed by atoms with Crippen molar-refractivity contribution in [2.45, 2.75) is 6.04 Å². The monoisotopic (exact) mass is 307 g/mol. The molecule has 1 aliphatic rings. The van der Waals surface area contributed by atoms with Crippen LogP contribution >= 0.6 is 0 Å². The molecule has 0 bridgehead atoms. The van der Waals surface area contributed by atoms with Crippen LogP contribution in [0.4, 0.5) is 11.4 Å². The topological polar surface area (TPSA) is 108 Å². The summed E-state index contributed by atoms with van der Waals surface area (Å²) >= 11 is 0. The van der Waals surface area contributed by atoms with Crippen LogP contribution in [0, 0.1) is 21.4 Å². The average Bonchev–Trinajstić information content (AvgIpc) is 2.92. The normalized spacial score (nSPS) is 17.2. The summed E-state index contributed by atoms with van der Waals surface area (Å²) in [5.74, 6) is 0.321. The van der Waals surface area contributed by atoms with Gasteiger partial charge in [0.25, 0.3) is 5.69 Å². The van der Waals surface area contributed by atoms with Crippen LogP contribution in [0.1, 0.15) is 11.6 Å². The number of nitriles is 1. The number of para-hydroxylation sites is 1. The van der Waals surface area contributed by atoms with E-state index in [1.165, 1.54) is 12.1 Å². The zero-order chi connectivity index (χ0) is 16.4. The molecule has 0 radical (unpaired) electrons. The molecule has 7 nitrogen and oxygen atoms in total. The van der Waals surface area contributed by atoms with Crippen molar-refractivity contribution >= 4 is 11.4 Å². The molecule has 0 spiro atoms. The van der Waals surface area contributed by atoms with Gasteiger partial charge in [0.1, 0.15) is 11.9 Å². The third-order valence-electron chi connectivity index (χ3n) is 3.64. The van der Waals surface area contributed by atoms with Crippen LogP contribution in [0.15, 0.2) is 66.0 Å². The zero-order valence-electron chi connectivity index (χ0n) is 12.0. The van der Waals surface area contributed by atoms with Gasteiger partial charge in [0.2, 0.25) is 0 Å². The van der Waals surface area contributed by atoms with Gasteiger partial charge in [0, 0.05) is 12.1 Å². The highest BCUT2D eigenvalue weighted by Gasteiger charge is 2.32. The average molecular weight is 307 g/mol. The Labute approximate surface area is 132 Å². The Kier molecular flexibility index (Phi) is 3.66. The summed E-state index contributed by atoms with van der Waals surface area (Å²) in [5, 5.41) is 21.8. The lowest BCUT2D eigenvalue weighted by atomic mass is 10.0. The number of rotatable bonds is 3. The Morgan fingerprint density at radius 2 is 1.83 bits per heavy atom. The van der Waals surface area contributed by atoms with Gasteiger partial charge in [-0.3, -0.25) is 15.1 Å². The van der Waals surface area contributed by atoms with Gasteiger partial charge in [0.05, 0.1) is 22.2 Å². The van der Waals surface area contributed by atoms with E-state index in [4.69, 9.17) is 5.73 Å². The summed E-state index contributed by atoms with van der Waals surface area (Å²) in [6.45, 7) is 0. The lowest BCUT2D eigenvalue weighted by molar-refractivity contribution is -0.384. The Morgan fingerprint density at radius 1 is 1.17 bits per heavy atom. The molecule has 2 aromatic rings. The second-order valence-corrected chi connectivity index (χ2v) is 4.99. The molecule has 1 unspecified atom stereocenters. The maximum Gasteiger partial charge on any atom is 0.269 e. The van der Waals surface area contributed by atoms with Crippen molar-refractivity contribution in [3.05, 3.63) is 81.7 Å². The maximum absolute atomic E-state index is 10.7. The van der Waals surface area contributed by atoms with Crippen LogP contribution in [0.3, 0.4) is 0 Å². The molecule has 1 heterocycles. The van der Waals surface area contributed by atoms with E-state index in [2.05, 4.69) is 11.5 Å². The third kappa shape index (κ3) is 2.59. The van der Waals surface area contributed by atoms with Crippen LogP contribution in [0.5, 0.6) is 0 Å². The van der Waals surface area contributed by atoms with Crippen molar-refractivity contribution in [3.63, 3.8) is 0 Å². The number of nitrogens with one attached hydrogen (secondary N) is 1. The predicted octanol–water partition coefficient (Wildman–Crippen LogP) is 2.35. The first-order valence-electron chi connectivity index (χ1n) is 6.87. The Morgan fingerprint density at radius 3 is 2.39 bits per heavy atom. The molecule has 0 aromatic heterocycles. The number of anilines is 1. The number of nitrogens with two attached hydrogens (primary N) is 1. The lowest BCUT2D eigenvalue weighted by Crippen LogP contribution is -2.35. The van der Waals surface area contributed by atoms with Gasteiger partial charge in [-0.15, -0.1) is 0 Å². The second kappa shape index (κ2) is 5.79. The van der Waals surface area contributed by atoms with Crippen LogP contribution in [0.2, 0.25) is 0 Å².